The van der Waals surface area contributed by atoms with Gasteiger partial charge in [0.2, 0.25) is 11.8 Å². The molecule has 1 unspecified atom stereocenters. The summed E-state index contributed by atoms with van der Waals surface area (Å²) in [5.41, 5.74) is 0.0912. The van der Waals surface area contributed by atoms with Gasteiger partial charge in [-0.1, -0.05) is 30.3 Å². The zero-order valence-electron chi connectivity index (χ0n) is 19.0. The van der Waals surface area contributed by atoms with Crippen LogP contribution in [0, 0.1) is 5.41 Å². The van der Waals surface area contributed by atoms with Crippen LogP contribution >= 0.6 is 0 Å². The van der Waals surface area contributed by atoms with E-state index in [-0.39, 0.29) is 31.4 Å². The van der Waals surface area contributed by atoms with Crippen LogP contribution in [0.3, 0.4) is 0 Å². The Morgan fingerprint density at radius 1 is 0.781 bits per heavy atom. The summed E-state index contributed by atoms with van der Waals surface area (Å²) in [5, 5.41) is 0. The summed E-state index contributed by atoms with van der Waals surface area (Å²) in [5.74, 6) is 0.0930. The highest BCUT2D eigenvalue weighted by Gasteiger charge is 2.50. The van der Waals surface area contributed by atoms with Crippen molar-refractivity contribution in [1.29, 1.82) is 0 Å². The lowest BCUT2D eigenvalue weighted by Gasteiger charge is -2.37. The van der Waals surface area contributed by atoms with Crippen LogP contribution in [0.5, 0.6) is 0 Å². The zero-order chi connectivity index (χ0) is 22.4. The highest BCUT2D eigenvalue weighted by molar-refractivity contribution is 5.90. The summed E-state index contributed by atoms with van der Waals surface area (Å²) in [7, 11) is 0. The molecule has 3 saturated heterocycles. The van der Waals surface area contributed by atoms with Gasteiger partial charge in [0.05, 0.1) is 5.41 Å². The van der Waals surface area contributed by atoms with Gasteiger partial charge in [0.1, 0.15) is 6.61 Å². The Hall–Kier alpha value is -2.57. The molecule has 1 aromatic rings. The Labute approximate surface area is 190 Å². The van der Waals surface area contributed by atoms with E-state index >= 15 is 0 Å². The molecule has 3 aliphatic rings. The molecule has 3 aliphatic heterocycles. The van der Waals surface area contributed by atoms with Crippen LogP contribution in [-0.4, -0.2) is 71.9 Å². The molecule has 0 radical (unpaired) electrons. The average Bonchev–Trinajstić information content (AvgIpc) is 3.29. The molecule has 32 heavy (non-hydrogen) atoms. The summed E-state index contributed by atoms with van der Waals surface area (Å²) in [4.78, 5) is 45.0. The first kappa shape index (κ1) is 22.6. The molecule has 0 bridgehead atoms. The molecular weight excluding hydrogens is 406 g/mol. The molecule has 0 N–H and O–H groups in total. The highest BCUT2D eigenvalue weighted by Crippen LogP contribution is 2.38. The SMILES string of the molecule is O=C(CC1(C(=O)N2CCCCC2)CCN(C(=O)OCc2ccccc2)C1)N1CCCCC1. The van der Waals surface area contributed by atoms with Crippen molar-refractivity contribution in [3.63, 3.8) is 0 Å². The van der Waals surface area contributed by atoms with Gasteiger partial charge in [0.15, 0.2) is 0 Å². The predicted molar refractivity (Wildman–Crippen MR) is 121 cm³/mol. The third kappa shape index (κ3) is 5.25. The van der Waals surface area contributed by atoms with E-state index in [2.05, 4.69) is 0 Å². The maximum atomic E-state index is 13.7. The fraction of sp³-hybridized carbons (Fsp3) is 0.640. The zero-order valence-corrected chi connectivity index (χ0v) is 19.0. The maximum absolute atomic E-state index is 13.7. The van der Waals surface area contributed by atoms with Crippen molar-refractivity contribution < 1.29 is 19.1 Å². The number of nitrogens with zero attached hydrogens (tertiary/aromatic N) is 3. The minimum Gasteiger partial charge on any atom is -0.445 e. The van der Waals surface area contributed by atoms with Crippen LogP contribution in [0.2, 0.25) is 0 Å². The maximum Gasteiger partial charge on any atom is 0.410 e. The number of hydrogen-bond donors (Lipinski definition) is 0. The number of carbonyl (C=O) groups excluding carboxylic acids is 3. The molecular formula is C25H35N3O4. The molecule has 0 saturated carbocycles. The molecule has 0 aromatic heterocycles. The summed E-state index contributed by atoms with van der Waals surface area (Å²) in [6.07, 6.45) is 6.65. The number of piperidine rings is 2. The van der Waals surface area contributed by atoms with Crippen LogP contribution in [0.25, 0.3) is 0 Å². The molecule has 3 amide bonds. The molecule has 7 heteroatoms. The van der Waals surface area contributed by atoms with E-state index in [1.165, 1.54) is 0 Å². The Kier molecular flexibility index (Phi) is 7.33. The van der Waals surface area contributed by atoms with Gasteiger partial charge in [-0.15, -0.1) is 0 Å². The fourth-order valence-electron chi connectivity index (χ4n) is 5.21. The number of benzene rings is 1. The van der Waals surface area contributed by atoms with Gasteiger partial charge < -0.3 is 19.4 Å². The van der Waals surface area contributed by atoms with E-state index in [1.807, 2.05) is 40.1 Å². The van der Waals surface area contributed by atoms with Gasteiger partial charge in [-0.05, 0) is 50.5 Å². The fourth-order valence-corrected chi connectivity index (χ4v) is 5.21. The molecule has 7 nitrogen and oxygen atoms in total. The Balaban J connectivity index is 1.44. The van der Waals surface area contributed by atoms with Crippen molar-refractivity contribution in [1.82, 2.24) is 14.7 Å². The summed E-state index contributed by atoms with van der Waals surface area (Å²) >= 11 is 0. The Morgan fingerprint density at radius 3 is 2.06 bits per heavy atom. The highest BCUT2D eigenvalue weighted by atomic mass is 16.6. The molecule has 3 heterocycles. The normalized spacial score (nSPS) is 23.8. The summed E-state index contributed by atoms with van der Waals surface area (Å²) in [6, 6.07) is 9.57. The van der Waals surface area contributed by atoms with Crippen molar-refractivity contribution >= 4 is 17.9 Å². The standard InChI is InChI=1S/C25H35N3O4/c29-22(26-13-6-2-7-14-26)18-25(23(30)27-15-8-3-9-16-27)12-17-28(20-25)24(31)32-19-21-10-4-1-5-11-21/h1,4-5,10-11H,2-3,6-9,12-20H2. The molecule has 1 aromatic carbocycles. The van der Waals surface area contributed by atoms with Crippen molar-refractivity contribution in [2.75, 3.05) is 39.3 Å². The summed E-state index contributed by atoms with van der Waals surface area (Å²) < 4.78 is 5.52. The van der Waals surface area contributed by atoms with Crippen LogP contribution in [0.1, 0.15) is 56.9 Å². The van der Waals surface area contributed by atoms with Gasteiger partial charge in [-0.25, -0.2) is 4.79 Å². The third-order valence-electron chi connectivity index (χ3n) is 7.11. The Bertz CT molecular complexity index is 803. The molecule has 1 atom stereocenters. The molecule has 0 spiro atoms. The molecule has 4 rings (SSSR count). The van der Waals surface area contributed by atoms with E-state index in [0.717, 1.165) is 70.3 Å². The van der Waals surface area contributed by atoms with Crippen molar-refractivity contribution in [3.05, 3.63) is 35.9 Å². The number of amides is 3. The monoisotopic (exact) mass is 441 g/mol. The van der Waals surface area contributed by atoms with Gasteiger partial charge in [0, 0.05) is 45.7 Å². The number of hydrogen-bond acceptors (Lipinski definition) is 4. The predicted octanol–water partition coefficient (Wildman–Crippen LogP) is 3.43. The third-order valence-corrected chi connectivity index (χ3v) is 7.11. The number of carbonyl (C=O) groups is 3. The van der Waals surface area contributed by atoms with Crippen LogP contribution in [0.15, 0.2) is 30.3 Å². The van der Waals surface area contributed by atoms with E-state index in [9.17, 15) is 14.4 Å². The quantitative estimate of drug-likeness (QED) is 0.702. The molecule has 0 aliphatic carbocycles. The van der Waals surface area contributed by atoms with Crippen molar-refractivity contribution in [2.45, 2.75) is 58.0 Å². The Morgan fingerprint density at radius 2 is 1.41 bits per heavy atom. The van der Waals surface area contributed by atoms with Gasteiger partial charge >= 0.3 is 6.09 Å². The topological polar surface area (TPSA) is 70.2 Å². The number of ether oxygens (including phenoxy) is 1. The lowest BCUT2D eigenvalue weighted by Crippen LogP contribution is -2.50. The molecule has 3 fully saturated rings. The van der Waals surface area contributed by atoms with Crippen molar-refractivity contribution in [3.8, 4) is 0 Å². The molecule has 174 valence electrons. The van der Waals surface area contributed by atoms with Gasteiger partial charge in [-0.3, -0.25) is 9.59 Å². The number of rotatable bonds is 5. The first-order chi connectivity index (χ1) is 15.6. The van der Waals surface area contributed by atoms with E-state index in [4.69, 9.17) is 4.74 Å². The smallest absolute Gasteiger partial charge is 0.410 e. The minimum atomic E-state index is -0.836. The second-order valence-electron chi connectivity index (χ2n) is 9.46. The second-order valence-corrected chi connectivity index (χ2v) is 9.46. The van der Waals surface area contributed by atoms with Gasteiger partial charge in [0.25, 0.3) is 0 Å². The van der Waals surface area contributed by atoms with Crippen LogP contribution < -0.4 is 0 Å². The lowest BCUT2D eigenvalue weighted by molar-refractivity contribution is -0.148. The van der Waals surface area contributed by atoms with Crippen molar-refractivity contribution in [2.24, 2.45) is 5.41 Å². The van der Waals surface area contributed by atoms with E-state index < -0.39 is 11.5 Å². The lowest BCUT2D eigenvalue weighted by atomic mass is 9.80. The minimum absolute atomic E-state index is 0.0425. The van der Waals surface area contributed by atoms with E-state index in [0.29, 0.717) is 13.0 Å². The van der Waals surface area contributed by atoms with Crippen LogP contribution in [0.4, 0.5) is 4.79 Å². The largest absolute Gasteiger partial charge is 0.445 e. The number of likely N-dealkylation sites (tertiary alicyclic amines) is 3. The summed E-state index contributed by atoms with van der Waals surface area (Å²) in [6.45, 7) is 3.95. The van der Waals surface area contributed by atoms with Gasteiger partial charge in [-0.2, -0.15) is 0 Å². The van der Waals surface area contributed by atoms with E-state index in [1.54, 1.807) is 4.90 Å². The first-order valence-corrected chi connectivity index (χ1v) is 12.1. The van der Waals surface area contributed by atoms with Crippen LogP contribution in [-0.2, 0) is 20.9 Å². The first-order valence-electron chi connectivity index (χ1n) is 12.1. The average molecular weight is 442 g/mol. The second kappa shape index (κ2) is 10.4.